The monoisotopic (exact) mass is 279 g/mol. The fourth-order valence-electron chi connectivity index (χ4n) is 2.34. The number of rotatable bonds is 3. The van der Waals surface area contributed by atoms with Crippen molar-refractivity contribution in [3.8, 4) is 17.1 Å². The lowest BCUT2D eigenvalue weighted by molar-refractivity contribution is 0.415. The van der Waals surface area contributed by atoms with Gasteiger partial charge in [-0.15, -0.1) is 0 Å². The molecule has 0 saturated carbocycles. The Balaban J connectivity index is 2.22. The summed E-state index contributed by atoms with van der Waals surface area (Å²) in [5.74, 6) is 2.32. The largest absolute Gasteiger partial charge is 0.497 e. The van der Waals surface area contributed by atoms with E-state index < -0.39 is 0 Å². The SMILES string of the molecule is CNc1nc(-c2cccc(C)c2)nc2ccc(OC)cc12. The first-order valence-electron chi connectivity index (χ1n) is 6.82. The third-order valence-corrected chi connectivity index (χ3v) is 3.42. The summed E-state index contributed by atoms with van der Waals surface area (Å²) < 4.78 is 5.27. The number of ether oxygens (including phenoxy) is 1. The van der Waals surface area contributed by atoms with Gasteiger partial charge in [-0.05, 0) is 31.2 Å². The number of hydrogen-bond donors (Lipinski definition) is 1. The molecule has 1 heterocycles. The molecule has 0 unspecified atom stereocenters. The molecule has 0 bridgehead atoms. The summed E-state index contributed by atoms with van der Waals surface area (Å²) in [5, 5.41) is 4.09. The Labute approximate surface area is 123 Å². The smallest absolute Gasteiger partial charge is 0.162 e. The van der Waals surface area contributed by atoms with Crippen molar-refractivity contribution in [1.29, 1.82) is 0 Å². The summed E-state index contributed by atoms with van der Waals surface area (Å²) in [6.07, 6.45) is 0. The van der Waals surface area contributed by atoms with Crippen LogP contribution < -0.4 is 10.1 Å². The molecule has 0 aliphatic carbocycles. The number of aromatic nitrogens is 2. The number of anilines is 1. The van der Waals surface area contributed by atoms with Gasteiger partial charge < -0.3 is 10.1 Å². The maximum Gasteiger partial charge on any atom is 0.162 e. The number of benzene rings is 2. The van der Waals surface area contributed by atoms with Gasteiger partial charge in [-0.2, -0.15) is 0 Å². The van der Waals surface area contributed by atoms with Gasteiger partial charge in [0.15, 0.2) is 5.82 Å². The van der Waals surface area contributed by atoms with Crippen LogP contribution in [0.2, 0.25) is 0 Å². The molecule has 4 heteroatoms. The van der Waals surface area contributed by atoms with E-state index in [2.05, 4.69) is 34.3 Å². The minimum absolute atomic E-state index is 0.723. The minimum atomic E-state index is 0.723. The molecule has 1 aromatic heterocycles. The van der Waals surface area contributed by atoms with Crippen molar-refractivity contribution in [3.63, 3.8) is 0 Å². The van der Waals surface area contributed by atoms with Gasteiger partial charge in [-0.25, -0.2) is 9.97 Å². The molecule has 2 aromatic carbocycles. The number of hydrogen-bond acceptors (Lipinski definition) is 4. The Morgan fingerprint density at radius 1 is 1.05 bits per heavy atom. The molecule has 21 heavy (non-hydrogen) atoms. The quantitative estimate of drug-likeness (QED) is 0.795. The van der Waals surface area contributed by atoms with E-state index in [9.17, 15) is 0 Å². The molecule has 0 radical (unpaired) electrons. The van der Waals surface area contributed by atoms with Gasteiger partial charge in [0, 0.05) is 18.0 Å². The van der Waals surface area contributed by atoms with E-state index in [4.69, 9.17) is 4.74 Å². The van der Waals surface area contributed by atoms with E-state index in [-0.39, 0.29) is 0 Å². The lowest BCUT2D eigenvalue weighted by atomic mass is 10.1. The standard InChI is InChI=1S/C17H17N3O/c1-11-5-4-6-12(9-11)16-19-15-8-7-13(21-3)10-14(15)17(18-2)20-16/h4-10H,1-3H3,(H,18,19,20). The Morgan fingerprint density at radius 2 is 1.90 bits per heavy atom. The summed E-state index contributed by atoms with van der Waals surface area (Å²) in [6, 6.07) is 14.0. The van der Waals surface area contributed by atoms with Crippen molar-refractivity contribution in [1.82, 2.24) is 9.97 Å². The molecule has 0 saturated heterocycles. The molecule has 3 aromatic rings. The first-order chi connectivity index (χ1) is 10.2. The van der Waals surface area contributed by atoms with Crippen molar-refractivity contribution in [2.45, 2.75) is 6.92 Å². The molecule has 1 N–H and O–H groups in total. The molecular weight excluding hydrogens is 262 g/mol. The zero-order valence-electron chi connectivity index (χ0n) is 12.3. The highest BCUT2D eigenvalue weighted by Crippen LogP contribution is 2.28. The second-order valence-corrected chi connectivity index (χ2v) is 4.90. The summed E-state index contributed by atoms with van der Waals surface area (Å²) in [4.78, 5) is 9.29. The predicted molar refractivity (Wildman–Crippen MR) is 85.8 cm³/mol. The van der Waals surface area contributed by atoms with Gasteiger partial charge in [0.05, 0.1) is 12.6 Å². The van der Waals surface area contributed by atoms with E-state index in [0.29, 0.717) is 0 Å². The molecule has 106 valence electrons. The maximum atomic E-state index is 5.27. The maximum absolute atomic E-state index is 5.27. The Bertz CT molecular complexity index is 799. The summed E-state index contributed by atoms with van der Waals surface area (Å²) >= 11 is 0. The zero-order valence-corrected chi connectivity index (χ0v) is 12.3. The lowest BCUT2D eigenvalue weighted by Gasteiger charge is -2.10. The summed E-state index contributed by atoms with van der Waals surface area (Å²) in [6.45, 7) is 2.06. The van der Waals surface area contributed by atoms with E-state index in [0.717, 1.165) is 33.9 Å². The van der Waals surface area contributed by atoms with Crippen LogP contribution in [0.25, 0.3) is 22.3 Å². The average Bonchev–Trinajstić information content (AvgIpc) is 2.53. The fourth-order valence-corrected chi connectivity index (χ4v) is 2.34. The molecule has 0 aliphatic rings. The molecule has 3 rings (SSSR count). The molecule has 0 aliphatic heterocycles. The van der Waals surface area contributed by atoms with Crippen molar-refractivity contribution in [2.75, 3.05) is 19.5 Å². The number of aryl methyl sites for hydroxylation is 1. The third kappa shape index (κ3) is 2.52. The second-order valence-electron chi connectivity index (χ2n) is 4.90. The van der Waals surface area contributed by atoms with Crippen LogP contribution in [0.5, 0.6) is 5.75 Å². The number of nitrogens with one attached hydrogen (secondary N) is 1. The van der Waals surface area contributed by atoms with E-state index in [1.165, 1.54) is 5.56 Å². The number of fused-ring (bicyclic) bond motifs is 1. The van der Waals surface area contributed by atoms with Crippen LogP contribution in [-0.4, -0.2) is 24.1 Å². The number of nitrogens with zero attached hydrogens (tertiary/aromatic N) is 2. The van der Waals surface area contributed by atoms with Crippen molar-refractivity contribution in [3.05, 3.63) is 48.0 Å². The van der Waals surface area contributed by atoms with Crippen LogP contribution in [0.3, 0.4) is 0 Å². The Kier molecular flexibility index (Phi) is 3.44. The van der Waals surface area contributed by atoms with Crippen molar-refractivity contribution >= 4 is 16.7 Å². The first kappa shape index (κ1) is 13.4. The van der Waals surface area contributed by atoms with Crippen LogP contribution >= 0.6 is 0 Å². The van der Waals surface area contributed by atoms with Crippen LogP contribution in [-0.2, 0) is 0 Å². The molecule has 0 amide bonds. The molecular formula is C17H17N3O. The van der Waals surface area contributed by atoms with Crippen LogP contribution in [0.15, 0.2) is 42.5 Å². The third-order valence-electron chi connectivity index (χ3n) is 3.42. The molecule has 0 fully saturated rings. The highest BCUT2D eigenvalue weighted by molar-refractivity contribution is 5.91. The van der Waals surface area contributed by atoms with Crippen molar-refractivity contribution < 1.29 is 4.74 Å². The van der Waals surface area contributed by atoms with E-state index in [1.807, 2.05) is 37.4 Å². The number of methoxy groups -OCH3 is 1. The Hall–Kier alpha value is -2.62. The highest BCUT2D eigenvalue weighted by Gasteiger charge is 2.09. The Morgan fingerprint density at radius 3 is 2.62 bits per heavy atom. The van der Waals surface area contributed by atoms with Gasteiger partial charge >= 0.3 is 0 Å². The zero-order chi connectivity index (χ0) is 14.8. The van der Waals surface area contributed by atoms with Gasteiger partial charge in [0.2, 0.25) is 0 Å². The van der Waals surface area contributed by atoms with Crippen molar-refractivity contribution in [2.24, 2.45) is 0 Å². The van der Waals surface area contributed by atoms with Crippen LogP contribution in [0.1, 0.15) is 5.56 Å². The van der Waals surface area contributed by atoms with Gasteiger partial charge in [-0.1, -0.05) is 23.8 Å². The summed E-state index contributed by atoms with van der Waals surface area (Å²) in [5.41, 5.74) is 3.10. The molecule has 0 atom stereocenters. The fraction of sp³-hybridized carbons (Fsp3) is 0.176. The van der Waals surface area contributed by atoms with E-state index in [1.54, 1.807) is 7.11 Å². The minimum Gasteiger partial charge on any atom is -0.497 e. The topological polar surface area (TPSA) is 47.0 Å². The summed E-state index contributed by atoms with van der Waals surface area (Å²) in [7, 11) is 3.52. The first-order valence-corrected chi connectivity index (χ1v) is 6.82. The van der Waals surface area contributed by atoms with Gasteiger partial charge in [-0.3, -0.25) is 0 Å². The normalized spacial score (nSPS) is 10.6. The van der Waals surface area contributed by atoms with Gasteiger partial charge in [0.25, 0.3) is 0 Å². The predicted octanol–water partition coefficient (Wildman–Crippen LogP) is 3.66. The molecule has 0 spiro atoms. The van der Waals surface area contributed by atoms with E-state index >= 15 is 0 Å². The second kappa shape index (κ2) is 5.40. The highest BCUT2D eigenvalue weighted by atomic mass is 16.5. The average molecular weight is 279 g/mol. The van der Waals surface area contributed by atoms with Crippen LogP contribution in [0, 0.1) is 6.92 Å². The van der Waals surface area contributed by atoms with Crippen LogP contribution in [0.4, 0.5) is 5.82 Å². The lowest BCUT2D eigenvalue weighted by Crippen LogP contribution is -1.99. The molecule has 4 nitrogen and oxygen atoms in total. The van der Waals surface area contributed by atoms with Gasteiger partial charge in [0.1, 0.15) is 11.6 Å².